The maximum Gasteiger partial charge on any atom is 0.317 e. The Bertz CT molecular complexity index is 530. The lowest BCUT2D eigenvalue weighted by Crippen LogP contribution is -2.53. The van der Waals surface area contributed by atoms with Crippen LogP contribution in [0.3, 0.4) is 0 Å². The summed E-state index contributed by atoms with van der Waals surface area (Å²) in [4.78, 5) is 14.4. The van der Waals surface area contributed by atoms with Crippen molar-refractivity contribution in [1.82, 2.24) is 10.2 Å². The summed E-state index contributed by atoms with van der Waals surface area (Å²) in [5.74, 6) is 1.64. The van der Waals surface area contributed by atoms with Gasteiger partial charge < -0.3 is 24.1 Å². The molecule has 0 bridgehead atoms. The van der Waals surface area contributed by atoms with Crippen molar-refractivity contribution in [2.75, 3.05) is 26.8 Å². The van der Waals surface area contributed by atoms with Crippen molar-refractivity contribution in [1.29, 1.82) is 0 Å². The molecular weight excluding hydrogens is 296 g/mol. The Balaban J connectivity index is 1.58. The number of nitrogens with one attached hydrogen (secondary N) is 1. The lowest BCUT2D eigenvalue weighted by molar-refractivity contribution is -0.0282. The van der Waals surface area contributed by atoms with Crippen LogP contribution in [0.25, 0.3) is 0 Å². The van der Waals surface area contributed by atoms with Gasteiger partial charge in [0.05, 0.1) is 25.3 Å². The van der Waals surface area contributed by atoms with Gasteiger partial charge in [0.2, 0.25) is 0 Å². The molecule has 1 aromatic heterocycles. The number of morpholine rings is 1. The van der Waals surface area contributed by atoms with Crippen LogP contribution < -0.4 is 5.32 Å². The molecule has 1 aromatic rings. The fourth-order valence-electron chi connectivity index (χ4n) is 3.43. The van der Waals surface area contributed by atoms with E-state index in [0.717, 1.165) is 30.8 Å². The molecule has 2 amide bonds. The first-order valence-corrected chi connectivity index (χ1v) is 8.43. The molecule has 3 rings (SSSR count). The minimum atomic E-state index is -0.187. The highest BCUT2D eigenvalue weighted by Gasteiger charge is 2.31. The average molecular weight is 322 g/mol. The van der Waals surface area contributed by atoms with Crippen molar-refractivity contribution in [3.63, 3.8) is 0 Å². The molecule has 3 atom stereocenters. The van der Waals surface area contributed by atoms with Crippen LogP contribution >= 0.6 is 0 Å². The van der Waals surface area contributed by atoms with Crippen LogP contribution in [0.2, 0.25) is 0 Å². The van der Waals surface area contributed by atoms with E-state index in [2.05, 4.69) is 5.32 Å². The van der Waals surface area contributed by atoms with Gasteiger partial charge >= 0.3 is 6.03 Å². The molecule has 128 valence electrons. The second-order valence-corrected chi connectivity index (χ2v) is 6.37. The van der Waals surface area contributed by atoms with Crippen molar-refractivity contribution in [3.05, 3.63) is 23.7 Å². The molecule has 2 fully saturated rings. The lowest BCUT2D eigenvalue weighted by atomic mass is 9.92. The van der Waals surface area contributed by atoms with Gasteiger partial charge in [0, 0.05) is 13.7 Å². The fraction of sp³-hybridized carbons (Fsp3) is 0.706. The summed E-state index contributed by atoms with van der Waals surface area (Å²) in [7, 11) is 1.72. The molecule has 0 aromatic carbocycles. The monoisotopic (exact) mass is 322 g/mol. The van der Waals surface area contributed by atoms with Gasteiger partial charge in [-0.15, -0.1) is 0 Å². The Morgan fingerprint density at radius 2 is 2.17 bits per heavy atom. The highest BCUT2D eigenvalue weighted by atomic mass is 16.5. The summed E-state index contributed by atoms with van der Waals surface area (Å²) in [6.45, 7) is 3.55. The summed E-state index contributed by atoms with van der Waals surface area (Å²) in [6, 6.07) is 3.91. The fourth-order valence-corrected chi connectivity index (χ4v) is 3.43. The molecule has 2 heterocycles. The normalized spacial score (nSPS) is 28.6. The molecule has 1 saturated carbocycles. The second-order valence-electron chi connectivity index (χ2n) is 6.37. The zero-order valence-electron chi connectivity index (χ0n) is 13.9. The van der Waals surface area contributed by atoms with Gasteiger partial charge in [-0.25, -0.2) is 4.79 Å². The minimum absolute atomic E-state index is 0.0319. The van der Waals surface area contributed by atoms with E-state index in [1.807, 2.05) is 24.0 Å². The summed E-state index contributed by atoms with van der Waals surface area (Å²) in [5, 5.41) is 3.14. The van der Waals surface area contributed by atoms with Crippen molar-refractivity contribution in [2.24, 2.45) is 0 Å². The quantitative estimate of drug-likeness (QED) is 0.929. The molecule has 23 heavy (non-hydrogen) atoms. The predicted octanol–water partition coefficient (Wildman–Crippen LogP) is 2.63. The number of aryl methyl sites for hydroxylation is 1. The van der Waals surface area contributed by atoms with Crippen LogP contribution in [0.5, 0.6) is 0 Å². The summed E-state index contributed by atoms with van der Waals surface area (Å²) < 4.78 is 16.9. The Morgan fingerprint density at radius 1 is 1.35 bits per heavy atom. The first kappa shape index (κ1) is 16.3. The van der Waals surface area contributed by atoms with E-state index in [0.29, 0.717) is 19.7 Å². The number of urea groups is 1. The number of amides is 2. The number of carbonyl (C=O) groups is 1. The molecule has 1 aliphatic carbocycles. The molecule has 1 aliphatic heterocycles. The maximum atomic E-state index is 12.6. The molecule has 1 N–H and O–H groups in total. The Hall–Kier alpha value is -1.53. The van der Waals surface area contributed by atoms with Crippen LogP contribution in [-0.4, -0.2) is 49.9 Å². The van der Waals surface area contributed by atoms with Gasteiger partial charge in [0.1, 0.15) is 17.6 Å². The van der Waals surface area contributed by atoms with Gasteiger partial charge in [-0.3, -0.25) is 0 Å². The van der Waals surface area contributed by atoms with Crippen LogP contribution in [0.15, 0.2) is 16.5 Å². The van der Waals surface area contributed by atoms with E-state index in [1.54, 1.807) is 7.11 Å². The number of hydrogen-bond acceptors (Lipinski definition) is 4. The molecular formula is C17H26N2O4. The highest BCUT2D eigenvalue weighted by molar-refractivity contribution is 5.74. The van der Waals surface area contributed by atoms with E-state index in [4.69, 9.17) is 13.9 Å². The molecule has 6 heteroatoms. The molecule has 6 nitrogen and oxygen atoms in total. The summed E-state index contributed by atoms with van der Waals surface area (Å²) >= 11 is 0. The zero-order valence-corrected chi connectivity index (χ0v) is 13.9. The predicted molar refractivity (Wildman–Crippen MR) is 85.3 cm³/mol. The van der Waals surface area contributed by atoms with Gasteiger partial charge in [0.15, 0.2) is 0 Å². The number of hydrogen-bond donors (Lipinski definition) is 1. The minimum Gasteiger partial charge on any atom is -0.464 e. The number of nitrogens with zero attached hydrogens (tertiary/aromatic N) is 1. The second kappa shape index (κ2) is 7.36. The molecule has 0 spiro atoms. The average Bonchev–Trinajstić information content (AvgIpc) is 3.02. The van der Waals surface area contributed by atoms with E-state index in [9.17, 15) is 4.79 Å². The van der Waals surface area contributed by atoms with E-state index in [-0.39, 0.29) is 24.3 Å². The van der Waals surface area contributed by atoms with Crippen molar-refractivity contribution in [2.45, 2.75) is 50.9 Å². The largest absolute Gasteiger partial charge is 0.464 e. The van der Waals surface area contributed by atoms with Crippen LogP contribution in [0.4, 0.5) is 4.79 Å². The van der Waals surface area contributed by atoms with Crippen molar-refractivity contribution < 1.29 is 18.7 Å². The van der Waals surface area contributed by atoms with Gasteiger partial charge in [-0.2, -0.15) is 0 Å². The standard InChI is InChI=1S/C17H26N2O4/c1-12-7-8-15(23-12)16-11-19(9-10-22-16)17(20)18-13-5-3-4-6-14(13)21-2/h7-8,13-14,16H,3-6,9-11H2,1-2H3,(H,18,20)/t13-,14-,16+/m1/s1. The number of methoxy groups -OCH3 is 1. The van der Waals surface area contributed by atoms with Gasteiger partial charge in [0.25, 0.3) is 0 Å². The third-order valence-electron chi connectivity index (χ3n) is 4.75. The van der Waals surface area contributed by atoms with E-state index < -0.39 is 0 Å². The Kier molecular flexibility index (Phi) is 5.23. The Morgan fingerprint density at radius 3 is 2.91 bits per heavy atom. The number of furan rings is 1. The van der Waals surface area contributed by atoms with Crippen LogP contribution in [-0.2, 0) is 9.47 Å². The van der Waals surface area contributed by atoms with Crippen molar-refractivity contribution in [3.8, 4) is 0 Å². The summed E-state index contributed by atoms with van der Waals surface area (Å²) in [6.07, 6.45) is 4.24. The first-order valence-electron chi connectivity index (χ1n) is 8.43. The van der Waals surface area contributed by atoms with Crippen molar-refractivity contribution >= 4 is 6.03 Å². The summed E-state index contributed by atoms with van der Waals surface area (Å²) in [5.41, 5.74) is 0. The Labute approximate surface area is 137 Å². The van der Waals surface area contributed by atoms with Crippen LogP contribution in [0.1, 0.15) is 43.3 Å². The molecule has 1 saturated heterocycles. The number of rotatable bonds is 3. The third kappa shape index (κ3) is 3.87. The van der Waals surface area contributed by atoms with E-state index >= 15 is 0 Å². The van der Waals surface area contributed by atoms with E-state index in [1.165, 1.54) is 6.42 Å². The number of ether oxygens (including phenoxy) is 2. The maximum absolute atomic E-state index is 12.6. The third-order valence-corrected chi connectivity index (χ3v) is 4.75. The lowest BCUT2D eigenvalue weighted by Gasteiger charge is -2.36. The van der Waals surface area contributed by atoms with Crippen LogP contribution in [0, 0.1) is 6.92 Å². The zero-order chi connectivity index (χ0) is 16.2. The number of carbonyl (C=O) groups excluding carboxylic acids is 1. The topological polar surface area (TPSA) is 63.9 Å². The first-order chi connectivity index (χ1) is 11.2. The molecule has 2 aliphatic rings. The smallest absolute Gasteiger partial charge is 0.317 e. The molecule has 0 radical (unpaired) electrons. The van der Waals surface area contributed by atoms with Gasteiger partial charge in [-0.05, 0) is 31.9 Å². The highest BCUT2D eigenvalue weighted by Crippen LogP contribution is 2.25. The molecule has 0 unspecified atom stereocenters. The SMILES string of the molecule is CO[C@@H]1CCCC[C@H]1NC(=O)N1CCO[C@H](c2ccc(C)o2)C1. The van der Waals surface area contributed by atoms with Gasteiger partial charge in [-0.1, -0.05) is 12.8 Å².